The van der Waals surface area contributed by atoms with Crippen molar-refractivity contribution in [3.63, 3.8) is 0 Å². The second-order valence-corrected chi connectivity index (χ2v) is 38.0. The largest absolute Gasteiger partial charge is 1.00 e. The van der Waals surface area contributed by atoms with Gasteiger partial charge in [0, 0.05) is 107 Å². The molecule has 0 saturated heterocycles. The van der Waals surface area contributed by atoms with Gasteiger partial charge in [0.05, 0.1) is 57.8 Å². The van der Waals surface area contributed by atoms with Crippen LogP contribution in [0, 0.1) is 35.9 Å². The summed E-state index contributed by atoms with van der Waals surface area (Å²) in [6, 6.07) is 18.1. The molecule has 13 rings (SSSR count). The molecule has 0 aliphatic carbocycles. The van der Waals surface area contributed by atoms with Crippen LogP contribution in [0.3, 0.4) is 0 Å². The van der Waals surface area contributed by atoms with E-state index in [9.17, 15) is 30.0 Å². The molecular formula is C88H125Br2F3I3N16NaO20S2. The molecule has 0 atom stereocenters. The first-order valence-corrected chi connectivity index (χ1v) is 52.8. The predicted octanol–water partition coefficient (Wildman–Crippen LogP) is 12.4. The number of hydrogen-bond acceptors (Lipinski definition) is 32. The molecule has 0 spiro atoms. The smallest absolute Gasteiger partial charge is 1.00 e. The van der Waals surface area contributed by atoms with E-state index in [-0.39, 0.29) is 112 Å². The number of anilines is 3. The van der Waals surface area contributed by atoms with Gasteiger partial charge in [0.15, 0.2) is 85.4 Å². The zero-order valence-electron chi connectivity index (χ0n) is 78.2. The summed E-state index contributed by atoms with van der Waals surface area (Å²) in [4.78, 5) is 36.5. The summed E-state index contributed by atoms with van der Waals surface area (Å²) in [5.74, 6) is 6.16. The number of rotatable bonds is 50. The molecule has 3 aliphatic heterocycles. The van der Waals surface area contributed by atoms with Crippen LogP contribution in [0.5, 0.6) is 34.5 Å². The van der Waals surface area contributed by atoms with E-state index in [1.165, 1.54) is 37.4 Å². The molecule has 3 aliphatic rings. The molecular weight excluding hydrogens is 2290 g/mol. The van der Waals surface area contributed by atoms with Gasteiger partial charge in [-0.2, -0.15) is 59.9 Å². The summed E-state index contributed by atoms with van der Waals surface area (Å²) in [6.07, 6.45) is 17.4. The quantitative estimate of drug-likeness (QED) is 0.00465. The number of benzene rings is 4. The van der Waals surface area contributed by atoms with Gasteiger partial charge >= 0.3 is 58.1 Å². The van der Waals surface area contributed by atoms with E-state index >= 15 is 0 Å². The second-order valence-electron chi connectivity index (χ2n) is 30.1. The Labute approximate surface area is 868 Å². The van der Waals surface area contributed by atoms with Gasteiger partial charge < -0.3 is 99.8 Å². The molecule has 0 amide bonds. The van der Waals surface area contributed by atoms with Gasteiger partial charge in [0.1, 0.15) is 17.5 Å². The van der Waals surface area contributed by atoms with Crippen LogP contribution in [0.15, 0.2) is 65.6 Å². The third-order valence-corrected chi connectivity index (χ3v) is 25.6. The summed E-state index contributed by atoms with van der Waals surface area (Å²) in [6.45, 7) is 18.1. The molecule has 135 heavy (non-hydrogen) atoms. The Morgan fingerprint density at radius 1 is 0.400 bits per heavy atom. The number of alkyl halides is 2. The first-order chi connectivity index (χ1) is 64.6. The number of aromatic nitrogens is 12. The van der Waals surface area contributed by atoms with Crippen molar-refractivity contribution in [2.75, 3.05) is 147 Å². The number of fused-ring (bicyclic) bond motifs is 6. The van der Waals surface area contributed by atoms with Crippen LogP contribution in [0.4, 0.5) is 30.6 Å². The van der Waals surface area contributed by atoms with Crippen molar-refractivity contribution < 1.29 is 137 Å². The monoisotopic (exact) mass is 2410 g/mol. The molecule has 11 N–H and O–H groups in total. The van der Waals surface area contributed by atoms with Crippen molar-refractivity contribution in [2.24, 2.45) is 5.14 Å². The maximum atomic E-state index is 13.9. The Bertz CT molecular complexity index is 5250. The number of halogens is 8. The summed E-state index contributed by atoms with van der Waals surface area (Å²) in [5.41, 5.74) is 23.7. The van der Waals surface area contributed by atoms with E-state index in [4.69, 9.17) is 93.9 Å². The van der Waals surface area contributed by atoms with Crippen LogP contribution in [0.1, 0.15) is 184 Å². The molecule has 4 aromatic carbocycles. The standard InChI is InChI=1S/C20H23FIN5O3.C19H22FIN6O6S.C19H21FIN5O4.C14H22O4S.C7H16O2.C5H11Br.C4H9BrO.Na.H/c1-2-3-4-6-28-7-5-27-16(24-17-18(23)25-20(21)26-19(17)27)9-12-8-14-15(10-13(12)22)30-11-29-14;20-19-25-17(22)16-18(26-19)27(3-6-30-4-1-2-5-33-34(23,28)29)15(24-16)8-11-7-13-14(9-12(11)21)32-10-31-13;20-19-24-17(22)16-18(25-19)26(3-6-28-5-2-1-4-27)15(23-16)8-11-7-13-14(9-12(11)21)30-10-29-13;1-3-4-5-10-17-11-12-18-19(15,16)14-8-6-13(2)7-9-14;1-2-3-4-6-9-7-5-8;1-2-3-4-5-6;5-3-1-2-4-6;;/h8,10H,2-7,9,11H2,1H3,(H2,23,25,26);7,9H,1-6,8,10H2,(H2,22,25,26)(H2,23,28,29);7,9,27H,1-6,8,10H2,(H2,22,24,25);6-9H,3-5,10-12H2,1-2H3;8H,2-7H2,1H3;2-5H2,1H3;6H,1-4H2;;/q;;;;;;;+1;-1. The van der Waals surface area contributed by atoms with E-state index in [0.29, 0.717) is 192 Å². The Kier molecular flexibility index (Phi) is 57.0. The van der Waals surface area contributed by atoms with E-state index < -0.39 is 38.7 Å². The first kappa shape index (κ1) is 118. The molecule has 0 saturated carbocycles. The molecule has 6 aromatic heterocycles. The summed E-state index contributed by atoms with van der Waals surface area (Å²) >= 11 is 13.3. The third-order valence-electron chi connectivity index (χ3n) is 19.7. The number of aryl methyl sites for hydroxylation is 1. The zero-order valence-corrected chi connectivity index (χ0v) is 90.5. The fourth-order valence-corrected chi connectivity index (χ4v) is 16.7. The van der Waals surface area contributed by atoms with E-state index in [0.717, 1.165) is 115 Å². The van der Waals surface area contributed by atoms with Crippen LogP contribution in [-0.4, -0.2) is 221 Å². The SMILES string of the molecule is CCCCCBr.CCCCCOCCO.CCCCCOCCOS(=O)(=O)c1ccc(C)cc1.CCCCCOCCn1c(Cc2cc3c(cc2I)OCO3)nc2c(N)nc(F)nc21.Nc1nc(F)nc2c1nc(Cc1cc3c(cc1I)OCO3)n2CCOCCCCO.Nc1nc(F)nc2c1nc(Cc1cc3c(cc1I)OCO3)n2CCOCCCCOS(N)(=O)=O.OCCCCBr.[H-].[Na+]. The maximum absolute atomic E-state index is 13.9. The Morgan fingerprint density at radius 2 is 0.704 bits per heavy atom. The molecule has 47 heteroatoms. The number of imidazole rings is 3. The van der Waals surface area contributed by atoms with Crippen molar-refractivity contribution in [1.29, 1.82) is 0 Å². The van der Waals surface area contributed by atoms with Crippen molar-refractivity contribution in [3.05, 3.63) is 129 Å². The number of ether oxygens (including phenoxy) is 11. The van der Waals surface area contributed by atoms with Crippen molar-refractivity contribution in [3.8, 4) is 34.5 Å². The van der Waals surface area contributed by atoms with Gasteiger partial charge in [0.25, 0.3) is 10.1 Å². The Hall–Kier alpha value is -5.87. The topological polar surface area (TPSA) is 484 Å². The van der Waals surface area contributed by atoms with Crippen LogP contribution < -0.4 is 80.3 Å². The third kappa shape index (κ3) is 41.3. The average molecular weight is 2410 g/mol. The summed E-state index contributed by atoms with van der Waals surface area (Å²) in [7, 11) is -7.59. The molecule has 746 valence electrons. The summed E-state index contributed by atoms with van der Waals surface area (Å²) in [5, 5.41) is 32.3. The minimum atomic E-state index is -3.94. The normalized spacial score (nSPS) is 12.1. The maximum Gasteiger partial charge on any atom is 1.00 e. The number of nitrogen functional groups attached to an aromatic ring is 3. The van der Waals surface area contributed by atoms with Crippen LogP contribution in [0.2, 0.25) is 0 Å². The molecule has 9 heterocycles. The van der Waals surface area contributed by atoms with E-state index in [1.807, 2.05) is 52.5 Å². The summed E-state index contributed by atoms with van der Waals surface area (Å²) < 4.78 is 165. The van der Waals surface area contributed by atoms with Crippen molar-refractivity contribution >= 4 is 171 Å². The fourth-order valence-electron chi connectivity index (χ4n) is 12.8. The van der Waals surface area contributed by atoms with Gasteiger partial charge in [-0.05, 0) is 204 Å². The average Bonchev–Trinajstić information content (AvgIpc) is 1.63. The molecule has 0 fully saturated rings. The molecule has 0 radical (unpaired) electrons. The number of aliphatic hydroxyl groups is 3. The number of unbranched alkanes of at least 4 members (excludes halogenated alkanes) is 11. The van der Waals surface area contributed by atoms with Gasteiger partial charge in [0.2, 0.25) is 20.4 Å². The zero-order chi connectivity index (χ0) is 97.2. The fraction of sp³-hybridized carbons (Fsp3) is 0.557. The number of nitrogens with two attached hydrogens (primary N) is 4. The molecule has 36 nitrogen and oxygen atoms in total. The minimum absolute atomic E-state index is 0. The second kappa shape index (κ2) is 65.3. The Balaban J connectivity index is 0.000000300. The molecule has 10 aromatic rings. The minimum Gasteiger partial charge on any atom is -1.00 e. The van der Waals surface area contributed by atoms with Crippen LogP contribution >= 0.6 is 99.6 Å². The van der Waals surface area contributed by atoms with Crippen LogP contribution in [-0.2, 0) is 91.4 Å². The first-order valence-electron chi connectivity index (χ1n) is 44.4. The van der Waals surface area contributed by atoms with Crippen molar-refractivity contribution in [2.45, 2.75) is 194 Å². The number of aliphatic hydroxyl groups excluding tert-OH is 3. The number of nitrogens with zero attached hydrogens (tertiary/aromatic N) is 12. The van der Waals surface area contributed by atoms with Crippen molar-refractivity contribution in [1.82, 2.24) is 58.6 Å². The van der Waals surface area contributed by atoms with E-state index in [1.54, 1.807) is 28.8 Å². The van der Waals surface area contributed by atoms with Gasteiger partial charge in [-0.25, -0.2) is 20.1 Å². The van der Waals surface area contributed by atoms with E-state index in [2.05, 4.69) is 176 Å². The number of hydrogen-bond donors (Lipinski definition) is 7. The molecule has 0 unspecified atom stereocenters. The van der Waals surface area contributed by atoms with Gasteiger partial charge in [-0.1, -0.05) is 129 Å². The Morgan fingerprint density at radius 3 is 1.02 bits per heavy atom. The molecule has 0 bridgehead atoms. The predicted molar refractivity (Wildman–Crippen MR) is 537 cm³/mol. The van der Waals surface area contributed by atoms with Crippen LogP contribution in [0.25, 0.3) is 33.5 Å². The van der Waals surface area contributed by atoms with Gasteiger partial charge in [-0.15, -0.1) is 0 Å². The van der Waals surface area contributed by atoms with Gasteiger partial charge in [-0.3, -0.25) is 8.37 Å².